The molecule has 146 valence electrons. The first-order chi connectivity index (χ1) is 14.3. The molecular formula is C23H24N6. The molecule has 6 nitrogen and oxygen atoms in total. The number of aromatic nitrogens is 3. The molecule has 1 fully saturated rings. The Morgan fingerprint density at radius 2 is 1.76 bits per heavy atom. The van der Waals surface area contributed by atoms with Gasteiger partial charge in [-0.25, -0.2) is 0 Å². The summed E-state index contributed by atoms with van der Waals surface area (Å²) in [6.45, 7) is 6.19. The van der Waals surface area contributed by atoms with Gasteiger partial charge in [0.2, 0.25) is 0 Å². The number of nitrogens with zero attached hydrogens (tertiary/aromatic N) is 4. The van der Waals surface area contributed by atoms with Crippen molar-refractivity contribution < 1.29 is 0 Å². The molecule has 1 aliphatic heterocycles. The van der Waals surface area contributed by atoms with Crippen LogP contribution in [0.3, 0.4) is 0 Å². The topological polar surface area (TPSA) is 66.0 Å². The average molecular weight is 384 g/mol. The van der Waals surface area contributed by atoms with Gasteiger partial charge in [0.05, 0.1) is 11.6 Å². The van der Waals surface area contributed by atoms with Crippen molar-refractivity contribution in [1.29, 1.82) is 0 Å². The normalized spacial score (nSPS) is 15.6. The molecule has 0 spiro atoms. The van der Waals surface area contributed by atoms with Gasteiger partial charge in [-0.3, -0.25) is 0 Å². The van der Waals surface area contributed by atoms with Crippen LogP contribution in [0.15, 0.2) is 60.7 Å². The molecule has 5 rings (SSSR count). The van der Waals surface area contributed by atoms with E-state index in [2.05, 4.69) is 92.5 Å². The van der Waals surface area contributed by atoms with Crippen molar-refractivity contribution in [3.8, 4) is 0 Å². The Hall–Kier alpha value is -3.25. The highest BCUT2D eigenvalue weighted by Gasteiger charge is 2.15. The second-order valence-corrected chi connectivity index (χ2v) is 7.51. The predicted octanol–water partition coefficient (Wildman–Crippen LogP) is 3.76. The van der Waals surface area contributed by atoms with Gasteiger partial charge >= 0.3 is 0 Å². The van der Waals surface area contributed by atoms with E-state index in [4.69, 9.17) is 0 Å². The fourth-order valence-corrected chi connectivity index (χ4v) is 4.11. The number of rotatable bonds is 4. The van der Waals surface area contributed by atoms with Crippen molar-refractivity contribution >= 4 is 33.2 Å². The number of hydrogen-bond acceptors (Lipinski definition) is 6. The summed E-state index contributed by atoms with van der Waals surface area (Å²) in [7, 11) is 0. The van der Waals surface area contributed by atoms with Gasteiger partial charge in [-0.05, 0) is 46.7 Å². The highest BCUT2D eigenvalue weighted by Crippen LogP contribution is 2.30. The lowest BCUT2D eigenvalue weighted by Crippen LogP contribution is -2.43. The lowest BCUT2D eigenvalue weighted by molar-refractivity contribution is 0.589. The van der Waals surface area contributed by atoms with Crippen molar-refractivity contribution in [2.75, 3.05) is 36.4 Å². The van der Waals surface area contributed by atoms with E-state index in [9.17, 15) is 0 Å². The van der Waals surface area contributed by atoms with Gasteiger partial charge in [-0.1, -0.05) is 42.5 Å². The number of anilines is 2. The molecular weight excluding hydrogens is 360 g/mol. The summed E-state index contributed by atoms with van der Waals surface area (Å²) in [4.78, 5) is 2.40. The Morgan fingerprint density at radius 1 is 0.931 bits per heavy atom. The Kier molecular flexibility index (Phi) is 4.69. The van der Waals surface area contributed by atoms with E-state index >= 15 is 0 Å². The van der Waals surface area contributed by atoms with Gasteiger partial charge < -0.3 is 15.5 Å². The van der Waals surface area contributed by atoms with Crippen LogP contribution in [0, 0.1) is 0 Å². The number of hydrogen-bond donors (Lipinski definition) is 2. The Bertz CT molecular complexity index is 1150. The van der Waals surface area contributed by atoms with Crippen LogP contribution in [0.2, 0.25) is 0 Å². The molecule has 1 saturated heterocycles. The Labute approximate surface area is 169 Å². The fourth-order valence-electron chi connectivity index (χ4n) is 4.11. The van der Waals surface area contributed by atoms with Crippen LogP contribution < -0.4 is 15.5 Å². The lowest BCUT2D eigenvalue weighted by atomic mass is 9.99. The maximum atomic E-state index is 4.34. The van der Waals surface area contributed by atoms with Crippen molar-refractivity contribution in [3.63, 3.8) is 0 Å². The van der Waals surface area contributed by atoms with E-state index < -0.39 is 0 Å². The zero-order valence-electron chi connectivity index (χ0n) is 16.5. The monoisotopic (exact) mass is 384 g/mol. The average Bonchev–Trinajstić information content (AvgIpc) is 2.79. The van der Waals surface area contributed by atoms with Gasteiger partial charge in [0.25, 0.3) is 0 Å². The summed E-state index contributed by atoms with van der Waals surface area (Å²) >= 11 is 0. The first kappa shape index (κ1) is 17.8. The number of piperazine rings is 1. The zero-order chi connectivity index (χ0) is 19.6. The molecule has 6 heteroatoms. The molecule has 0 amide bonds. The zero-order valence-corrected chi connectivity index (χ0v) is 16.5. The molecule has 1 aliphatic rings. The van der Waals surface area contributed by atoms with Crippen LogP contribution in [0.1, 0.15) is 18.5 Å². The van der Waals surface area contributed by atoms with Crippen molar-refractivity contribution in [2.24, 2.45) is 0 Å². The molecule has 2 N–H and O–H groups in total. The van der Waals surface area contributed by atoms with E-state index in [0.29, 0.717) is 0 Å². The largest absolute Gasteiger partial charge is 0.369 e. The summed E-state index contributed by atoms with van der Waals surface area (Å²) in [6, 6.07) is 21.3. The first-order valence-corrected chi connectivity index (χ1v) is 10.1. The van der Waals surface area contributed by atoms with E-state index in [1.807, 2.05) is 6.07 Å². The molecule has 4 aromatic rings. The summed E-state index contributed by atoms with van der Waals surface area (Å²) in [5, 5.41) is 23.0. The van der Waals surface area contributed by atoms with Crippen LogP contribution in [-0.2, 0) is 0 Å². The SMILES string of the molecule is C[C@@H](Nc1nnnc2ccc(N3CCNCC3)cc12)c1cccc2ccccc12. The molecule has 2 heterocycles. The molecule has 0 aliphatic carbocycles. The van der Waals surface area contributed by atoms with Crippen LogP contribution in [0.4, 0.5) is 11.5 Å². The molecule has 29 heavy (non-hydrogen) atoms. The maximum absolute atomic E-state index is 4.34. The molecule has 1 atom stereocenters. The highest BCUT2D eigenvalue weighted by atomic mass is 15.3. The Balaban J connectivity index is 1.50. The molecule has 0 radical (unpaired) electrons. The first-order valence-electron chi connectivity index (χ1n) is 10.1. The third-order valence-corrected chi connectivity index (χ3v) is 5.66. The minimum atomic E-state index is 0.0869. The van der Waals surface area contributed by atoms with Crippen molar-refractivity contribution in [1.82, 2.24) is 20.7 Å². The minimum Gasteiger partial charge on any atom is -0.369 e. The second-order valence-electron chi connectivity index (χ2n) is 7.51. The summed E-state index contributed by atoms with van der Waals surface area (Å²) in [6.07, 6.45) is 0. The van der Waals surface area contributed by atoms with Gasteiger partial charge in [-0.2, -0.15) is 0 Å². The number of nitrogens with one attached hydrogen (secondary N) is 2. The summed E-state index contributed by atoms with van der Waals surface area (Å²) in [5.41, 5.74) is 3.30. The van der Waals surface area contributed by atoms with Gasteiger partial charge in [0.1, 0.15) is 0 Å². The molecule has 0 bridgehead atoms. The minimum absolute atomic E-state index is 0.0869. The van der Waals surface area contributed by atoms with Gasteiger partial charge in [0, 0.05) is 37.3 Å². The number of benzene rings is 3. The lowest BCUT2D eigenvalue weighted by Gasteiger charge is -2.29. The third-order valence-electron chi connectivity index (χ3n) is 5.66. The molecule has 3 aromatic carbocycles. The van der Waals surface area contributed by atoms with Crippen LogP contribution in [0.5, 0.6) is 0 Å². The van der Waals surface area contributed by atoms with Gasteiger partial charge in [0.15, 0.2) is 5.82 Å². The fraction of sp³-hybridized carbons (Fsp3) is 0.261. The summed E-state index contributed by atoms with van der Waals surface area (Å²) in [5.74, 6) is 0.771. The standard InChI is InChI=1S/C23H24N6/c1-16(19-8-4-6-17-5-2-3-7-20(17)19)25-23-21-15-18(29-13-11-24-12-14-29)9-10-22(21)26-28-27-23/h2-10,15-16,24H,11-14H2,1H3,(H,25,26,27)/t16-/m1/s1. The van der Waals surface area contributed by atoms with E-state index in [1.165, 1.54) is 22.0 Å². The van der Waals surface area contributed by atoms with Crippen LogP contribution in [-0.4, -0.2) is 41.6 Å². The molecule has 1 aromatic heterocycles. The second kappa shape index (κ2) is 7.64. The van der Waals surface area contributed by atoms with Gasteiger partial charge in [-0.15, -0.1) is 10.2 Å². The van der Waals surface area contributed by atoms with Crippen LogP contribution >= 0.6 is 0 Å². The quantitative estimate of drug-likeness (QED) is 0.558. The maximum Gasteiger partial charge on any atom is 0.160 e. The van der Waals surface area contributed by atoms with Crippen LogP contribution in [0.25, 0.3) is 21.7 Å². The van der Waals surface area contributed by atoms with Crippen molar-refractivity contribution in [2.45, 2.75) is 13.0 Å². The number of fused-ring (bicyclic) bond motifs is 2. The van der Waals surface area contributed by atoms with E-state index in [1.54, 1.807) is 0 Å². The van der Waals surface area contributed by atoms with E-state index in [0.717, 1.165) is 42.9 Å². The Morgan fingerprint density at radius 3 is 2.66 bits per heavy atom. The molecule has 0 unspecified atom stereocenters. The highest BCUT2D eigenvalue weighted by molar-refractivity contribution is 5.92. The van der Waals surface area contributed by atoms with E-state index in [-0.39, 0.29) is 6.04 Å². The smallest absolute Gasteiger partial charge is 0.160 e. The summed E-state index contributed by atoms with van der Waals surface area (Å²) < 4.78 is 0. The molecule has 0 saturated carbocycles. The third kappa shape index (κ3) is 3.47. The van der Waals surface area contributed by atoms with Crippen molar-refractivity contribution in [3.05, 3.63) is 66.2 Å². The predicted molar refractivity (Wildman–Crippen MR) is 118 cm³/mol.